The number of rotatable bonds is 2. The minimum atomic E-state index is -1.08. The molecule has 0 spiro atoms. The van der Waals surface area contributed by atoms with Gasteiger partial charge in [-0.05, 0) is 6.92 Å². The molecule has 1 aromatic heterocycles. The summed E-state index contributed by atoms with van der Waals surface area (Å²) in [7, 11) is 0. The topological polar surface area (TPSA) is 84.3 Å². The Labute approximate surface area is 96.6 Å². The number of aliphatic hydroxyl groups is 1. The number of carbonyl (C=O) groups excluding carboxylic acids is 1. The van der Waals surface area contributed by atoms with Crippen molar-refractivity contribution in [3.8, 4) is 0 Å². The number of hydrogen-bond donors (Lipinski definition) is 2. The van der Waals surface area contributed by atoms with Gasteiger partial charge in [0.2, 0.25) is 0 Å². The summed E-state index contributed by atoms with van der Waals surface area (Å²) in [5.74, 6) is -0.172. The molecule has 1 aliphatic heterocycles. The number of fused-ring (bicyclic) bond motifs is 1. The predicted octanol–water partition coefficient (Wildman–Crippen LogP) is 0.521. The highest BCUT2D eigenvalue weighted by molar-refractivity contribution is 6.30. The largest absolute Gasteiger partial charge is 0.464 e. The van der Waals surface area contributed by atoms with E-state index in [4.69, 9.17) is 16.3 Å². The van der Waals surface area contributed by atoms with Crippen molar-refractivity contribution in [1.82, 2.24) is 9.97 Å². The van der Waals surface area contributed by atoms with Crippen molar-refractivity contribution in [2.75, 3.05) is 11.9 Å². The zero-order chi connectivity index (χ0) is 11.7. The molecule has 86 valence electrons. The maximum absolute atomic E-state index is 11.5. The quantitative estimate of drug-likeness (QED) is 0.582. The maximum Gasteiger partial charge on any atom is 0.331 e. The molecule has 0 fully saturated rings. The lowest BCUT2D eigenvalue weighted by atomic mass is 10.1. The zero-order valence-corrected chi connectivity index (χ0v) is 9.23. The molecule has 0 amide bonds. The second kappa shape index (κ2) is 4.23. The van der Waals surface area contributed by atoms with E-state index in [2.05, 4.69) is 15.3 Å². The van der Waals surface area contributed by atoms with Crippen LogP contribution < -0.4 is 5.32 Å². The monoisotopic (exact) mass is 243 g/mol. The van der Waals surface area contributed by atoms with Gasteiger partial charge in [-0.25, -0.2) is 14.8 Å². The molecule has 1 aliphatic rings. The van der Waals surface area contributed by atoms with Gasteiger partial charge in [0.15, 0.2) is 6.04 Å². The minimum Gasteiger partial charge on any atom is -0.464 e. The van der Waals surface area contributed by atoms with E-state index in [9.17, 15) is 9.90 Å². The third-order valence-electron chi connectivity index (χ3n) is 2.28. The number of esters is 1. The van der Waals surface area contributed by atoms with Gasteiger partial charge in [0.1, 0.15) is 23.4 Å². The number of aliphatic hydroxyl groups excluding tert-OH is 1. The van der Waals surface area contributed by atoms with Crippen LogP contribution in [0.25, 0.3) is 0 Å². The van der Waals surface area contributed by atoms with Gasteiger partial charge in [-0.2, -0.15) is 0 Å². The van der Waals surface area contributed by atoms with E-state index in [1.807, 2.05) is 0 Å². The minimum absolute atomic E-state index is 0.136. The molecule has 2 rings (SSSR count). The number of hydrogen-bond acceptors (Lipinski definition) is 6. The van der Waals surface area contributed by atoms with Crippen molar-refractivity contribution in [3.05, 3.63) is 17.0 Å². The number of carbonyl (C=O) groups is 1. The average molecular weight is 244 g/mol. The van der Waals surface area contributed by atoms with Crippen molar-refractivity contribution >= 4 is 23.4 Å². The zero-order valence-electron chi connectivity index (χ0n) is 8.48. The van der Waals surface area contributed by atoms with Crippen molar-refractivity contribution in [1.29, 1.82) is 0 Å². The van der Waals surface area contributed by atoms with Crippen molar-refractivity contribution < 1.29 is 14.6 Å². The highest BCUT2D eigenvalue weighted by Gasteiger charge is 2.39. The molecular formula is C9H10ClN3O3. The van der Waals surface area contributed by atoms with E-state index in [1.165, 1.54) is 6.33 Å². The van der Waals surface area contributed by atoms with Crippen LogP contribution in [0.15, 0.2) is 6.33 Å². The van der Waals surface area contributed by atoms with Crippen LogP contribution >= 0.6 is 11.6 Å². The summed E-state index contributed by atoms with van der Waals surface area (Å²) in [6.07, 6.45) is 0.178. The summed E-state index contributed by atoms with van der Waals surface area (Å²) >= 11 is 5.81. The molecule has 2 N–H and O–H groups in total. The second-order valence-electron chi connectivity index (χ2n) is 3.25. The molecule has 2 heterocycles. The number of nitrogens with zero attached hydrogens (tertiary/aromatic N) is 2. The first-order valence-corrected chi connectivity index (χ1v) is 5.14. The van der Waals surface area contributed by atoms with Gasteiger partial charge in [-0.1, -0.05) is 11.6 Å². The van der Waals surface area contributed by atoms with Crippen molar-refractivity contribution in [2.24, 2.45) is 0 Å². The first kappa shape index (κ1) is 11.1. The third kappa shape index (κ3) is 1.70. The van der Waals surface area contributed by atoms with Gasteiger partial charge >= 0.3 is 5.97 Å². The van der Waals surface area contributed by atoms with Gasteiger partial charge in [0.25, 0.3) is 0 Å². The Morgan fingerprint density at radius 1 is 1.69 bits per heavy atom. The lowest BCUT2D eigenvalue weighted by Gasteiger charge is -2.13. The first-order valence-electron chi connectivity index (χ1n) is 4.76. The van der Waals surface area contributed by atoms with Crippen LogP contribution in [-0.4, -0.2) is 33.7 Å². The lowest BCUT2D eigenvalue weighted by molar-refractivity contribution is -0.146. The molecule has 0 radical (unpaired) electrons. The normalized spacial score (nSPS) is 22.4. The van der Waals surface area contributed by atoms with Crippen LogP contribution in [-0.2, 0) is 9.53 Å². The molecule has 16 heavy (non-hydrogen) atoms. The average Bonchev–Trinajstić information content (AvgIpc) is 2.58. The summed E-state index contributed by atoms with van der Waals surface area (Å²) in [6, 6.07) is -0.871. The van der Waals surface area contributed by atoms with Crippen molar-refractivity contribution in [3.63, 3.8) is 0 Å². The fraction of sp³-hybridized carbons (Fsp3) is 0.444. The van der Waals surface area contributed by atoms with Gasteiger partial charge in [0.05, 0.1) is 12.2 Å². The van der Waals surface area contributed by atoms with Crippen LogP contribution in [0.3, 0.4) is 0 Å². The Balaban J connectivity index is 2.27. The van der Waals surface area contributed by atoms with Gasteiger partial charge in [-0.15, -0.1) is 0 Å². The molecule has 0 bridgehead atoms. The van der Waals surface area contributed by atoms with Gasteiger partial charge in [0, 0.05) is 0 Å². The molecule has 0 aromatic carbocycles. The Hall–Kier alpha value is -1.40. The van der Waals surface area contributed by atoms with E-state index in [-0.39, 0.29) is 11.8 Å². The fourth-order valence-electron chi connectivity index (χ4n) is 1.56. The lowest BCUT2D eigenvalue weighted by Crippen LogP contribution is -2.32. The predicted molar refractivity (Wildman–Crippen MR) is 56.0 cm³/mol. The molecule has 6 nitrogen and oxygen atoms in total. The number of nitrogens with one attached hydrogen (secondary N) is 1. The van der Waals surface area contributed by atoms with E-state index in [0.717, 1.165) is 0 Å². The van der Waals surface area contributed by atoms with Crippen LogP contribution in [0.4, 0.5) is 5.82 Å². The number of anilines is 1. The molecule has 2 unspecified atom stereocenters. The number of halogens is 1. The number of aromatic nitrogens is 2. The summed E-state index contributed by atoms with van der Waals surface area (Å²) in [6.45, 7) is 1.94. The summed E-state index contributed by atoms with van der Waals surface area (Å²) in [4.78, 5) is 19.1. The summed E-state index contributed by atoms with van der Waals surface area (Å²) < 4.78 is 4.81. The second-order valence-corrected chi connectivity index (χ2v) is 3.60. The van der Waals surface area contributed by atoms with Gasteiger partial charge < -0.3 is 15.2 Å². The molecule has 1 aromatic rings. The smallest absolute Gasteiger partial charge is 0.331 e. The third-order valence-corrected chi connectivity index (χ3v) is 2.58. The van der Waals surface area contributed by atoms with E-state index in [0.29, 0.717) is 11.4 Å². The first-order chi connectivity index (χ1) is 7.65. The molecule has 0 aliphatic carbocycles. The SMILES string of the molecule is CCOC(=O)C1Nc2ncnc(Cl)c2C1O. The van der Waals surface area contributed by atoms with Crippen LogP contribution in [0.2, 0.25) is 5.15 Å². The Kier molecular flexibility index (Phi) is 2.93. The van der Waals surface area contributed by atoms with Gasteiger partial charge in [-0.3, -0.25) is 0 Å². The van der Waals surface area contributed by atoms with E-state index < -0.39 is 18.1 Å². The highest BCUT2D eigenvalue weighted by Crippen LogP contribution is 2.36. The molecule has 0 saturated carbocycles. The molecule has 2 atom stereocenters. The Morgan fingerprint density at radius 3 is 3.06 bits per heavy atom. The summed E-state index contributed by atoms with van der Waals surface area (Å²) in [5, 5.41) is 12.8. The molecular weight excluding hydrogens is 234 g/mol. The standard InChI is InChI=1S/C9H10ClN3O3/c1-2-16-9(15)5-6(14)4-7(10)11-3-12-8(4)13-5/h3,5-6,14H,2H2,1H3,(H,11,12,13). The Bertz CT molecular complexity index is 426. The van der Waals surface area contributed by atoms with E-state index in [1.54, 1.807) is 6.92 Å². The Morgan fingerprint density at radius 2 is 2.44 bits per heavy atom. The maximum atomic E-state index is 11.5. The summed E-state index contributed by atoms with van der Waals surface area (Å²) in [5.41, 5.74) is 0.335. The fourth-order valence-corrected chi connectivity index (χ4v) is 1.81. The van der Waals surface area contributed by atoms with Crippen LogP contribution in [0, 0.1) is 0 Å². The molecule has 0 saturated heterocycles. The molecule has 7 heteroatoms. The highest BCUT2D eigenvalue weighted by atomic mass is 35.5. The van der Waals surface area contributed by atoms with Crippen molar-refractivity contribution in [2.45, 2.75) is 19.1 Å². The van der Waals surface area contributed by atoms with Crippen LogP contribution in [0.5, 0.6) is 0 Å². The van der Waals surface area contributed by atoms with E-state index >= 15 is 0 Å². The number of ether oxygens (including phenoxy) is 1. The van der Waals surface area contributed by atoms with Crippen LogP contribution in [0.1, 0.15) is 18.6 Å².